The third-order valence-corrected chi connectivity index (χ3v) is 3.73. The second-order valence-corrected chi connectivity index (χ2v) is 6.44. The highest BCUT2D eigenvalue weighted by Crippen LogP contribution is 2.22. The number of halogens is 1. The van der Waals surface area contributed by atoms with Crippen molar-refractivity contribution in [1.82, 2.24) is 4.90 Å². The number of hydrogen-bond acceptors (Lipinski definition) is 3. The number of anilines is 1. The van der Waals surface area contributed by atoms with Crippen LogP contribution in [0.25, 0.3) is 0 Å². The Morgan fingerprint density at radius 1 is 1.38 bits per heavy atom. The lowest BCUT2D eigenvalue weighted by Gasteiger charge is -2.26. The second-order valence-electron chi connectivity index (χ2n) is 6.44. The summed E-state index contributed by atoms with van der Waals surface area (Å²) in [6, 6.07) is 9.80. The van der Waals surface area contributed by atoms with Crippen molar-refractivity contribution in [2.24, 2.45) is 11.7 Å². The Hall–Kier alpha value is -1.10. The summed E-state index contributed by atoms with van der Waals surface area (Å²) in [6.07, 6.45) is 0.923. The quantitative estimate of drug-likeness (QED) is 0.926. The van der Waals surface area contributed by atoms with Crippen molar-refractivity contribution >= 4 is 24.0 Å². The Labute approximate surface area is 133 Å². The molecule has 118 valence electrons. The van der Waals surface area contributed by atoms with E-state index in [1.54, 1.807) is 4.90 Å². The SMILES string of the molecule is CN(C(=O)C1CCN(CC(C)(C)N)C1)c1ccccc1.Cl. The summed E-state index contributed by atoms with van der Waals surface area (Å²) in [4.78, 5) is 16.6. The first-order chi connectivity index (χ1) is 9.37. The van der Waals surface area contributed by atoms with Crippen molar-refractivity contribution in [1.29, 1.82) is 0 Å². The molecule has 0 aliphatic carbocycles. The van der Waals surface area contributed by atoms with Crippen LogP contribution in [-0.4, -0.2) is 43.0 Å². The standard InChI is InChI=1S/C16H25N3O.ClH/c1-16(2,17)12-19-10-9-13(11-19)15(20)18(3)14-7-5-4-6-8-14;/h4-8,13H,9-12,17H2,1-3H3;1H. The number of nitrogens with two attached hydrogens (primary N) is 1. The van der Waals surface area contributed by atoms with Gasteiger partial charge in [0, 0.05) is 31.4 Å². The van der Waals surface area contributed by atoms with E-state index in [1.807, 2.05) is 51.2 Å². The molecule has 1 amide bonds. The van der Waals surface area contributed by atoms with Gasteiger partial charge in [0.15, 0.2) is 0 Å². The van der Waals surface area contributed by atoms with E-state index in [0.29, 0.717) is 0 Å². The minimum Gasteiger partial charge on any atom is -0.324 e. The fourth-order valence-corrected chi connectivity index (χ4v) is 2.81. The van der Waals surface area contributed by atoms with Gasteiger partial charge < -0.3 is 15.5 Å². The van der Waals surface area contributed by atoms with Crippen molar-refractivity contribution < 1.29 is 4.79 Å². The number of para-hydroxylation sites is 1. The number of carbonyl (C=O) groups is 1. The molecule has 1 aliphatic rings. The molecule has 2 N–H and O–H groups in total. The van der Waals surface area contributed by atoms with Gasteiger partial charge in [-0.1, -0.05) is 18.2 Å². The van der Waals surface area contributed by atoms with Gasteiger partial charge in [-0.15, -0.1) is 12.4 Å². The van der Waals surface area contributed by atoms with Crippen LogP contribution < -0.4 is 10.6 Å². The molecule has 1 saturated heterocycles. The molecule has 0 radical (unpaired) electrons. The van der Waals surface area contributed by atoms with E-state index in [0.717, 1.165) is 31.7 Å². The Morgan fingerprint density at radius 2 is 2.00 bits per heavy atom. The number of benzene rings is 1. The molecule has 1 unspecified atom stereocenters. The van der Waals surface area contributed by atoms with Crippen LogP contribution in [0.4, 0.5) is 5.69 Å². The van der Waals surface area contributed by atoms with Gasteiger partial charge in [-0.25, -0.2) is 0 Å². The van der Waals surface area contributed by atoms with Crippen LogP contribution >= 0.6 is 12.4 Å². The van der Waals surface area contributed by atoms with Gasteiger partial charge in [-0.3, -0.25) is 4.79 Å². The summed E-state index contributed by atoms with van der Waals surface area (Å²) in [6.45, 7) is 6.67. The first kappa shape index (κ1) is 18.0. The van der Waals surface area contributed by atoms with Gasteiger partial charge >= 0.3 is 0 Å². The third kappa shape index (κ3) is 4.99. The first-order valence-electron chi connectivity index (χ1n) is 7.21. The highest BCUT2D eigenvalue weighted by atomic mass is 35.5. The first-order valence-corrected chi connectivity index (χ1v) is 7.21. The summed E-state index contributed by atoms with van der Waals surface area (Å²) in [5.74, 6) is 0.288. The molecule has 21 heavy (non-hydrogen) atoms. The zero-order valence-corrected chi connectivity index (χ0v) is 13.9. The molecule has 1 heterocycles. The lowest BCUT2D eigenvalue weighted by molar-refractivity contribution is -0.121. The van der Waals surface area contributed by atoms with E-state index in [1.165, 1.54) is 0 Å². The lowest BCUT2D eigenvalue weighted by atomic mass is 10.1. The monoisotopic (exact) mass is 311 g/mol. The smallest absolute Gasteiger partial charge is 0.231 e. The van der Waals surface area contributed by atoms with Crippen LogP contribution in [0.5, 0.6) is 0 Å². The maximum atomic E-state index is 12.5. The van der Waals surface area contributed by atoms with Crippen molar-refractivity contribution in [3.05, 3.63) is 30.3 Å². The minimum atomic E-state index is -0.205. The van der Waals surface area contributed by atoms with Gasteiger partial charge in [0.2, 0.25) is 5.91 Å². The van der Waals surface area contributed by atoms with Crippen molar-refractivity contribution in [2.75, 3.05) is 31.6 Å². The molecular weight excluding hydrogens is 286 g/mol. The maximum Gasteiger partial charge on any atom is 0.231 e. The summed E-state index contributed by atoms with van der Waals surface area (Å²) in [5, 5.41) is 0. The van der Waals surface area contributed by atoms with E-state index < -0.39 is 0 Å². The minimum absolute atomic E-state index is 0. The van der Waals surface area contributed by atoms with E-state index >= 15 is 0 Å². The predicted molar refractivity (Wildman–Crippen MR) is 89.9 cm³/mol. The van der Waals surface area contributed by atoms with Crippen molar-refractivity contribution in [3.8, 4) is 0 Å². The highest BCUT2D eigenvalue weighted by Gasteiger charge is 2.32. The molecule has 0 saturated carbocycles. The molecule has 1 fully saturated rings. The second kappa shape index (κ2) is 7.25. The van der Waals surface area contributed by atoms with Crippen LogP contribution in [0, 0.1) is 5.92 Å². The van der Waals surface area contributed by atoms with Crippen LogP contribution in [0.2, 0.25) is 0 Å². The van der Waals surface area contributed by atoms with Crippen LogP contribution in [0.1, 0.15) is 20.3 Å². The zero-order valence-electron chi connectivity index (χ0n) is 13.1. The number of likely N-dealkylation sites (tertiary alicyclic amines) is 1. The average molecular weight is 312 g/mol. The van der Waals surface area contributed by atoms with Gasteiger partial charge in [-0.2, -0.15) is 0 Å². The molecule has 1 aromatic rings. The van der Waals surface area contributed by atoms with Crippen LogP contribution in [0.15, 0.2) is 30.3 Å². The number of hydrogen-bond donors (Lipinski definition) is 1. The molecule has 1 aromatic carbocycles. The molecule has 0 spiro atoms. The molecule has 1 atom stereocenters. The molecule has 5 heteroatoms. The fraction of sp³-hybridized carbons (Fsp3) is 0.562. The molecule has 2 rings (SSSR count). The van der Waals surface area contributed by atoms with E-state index in [9.17, 15) is 4.79 Å². The van der Waals surface area contributed by atoms with Crippen molar-refractivity contribution in [3.63, 3.8) is 0 Å². The number of rotatable bonds is 4. The van der Waals surface area contributed by atoms with E-state index in [-0.39, 0.29) is 29.8 Å². The predicted octanol–water partition coefficient (Wildman–Crippen LogP) is 2.13. The van der Waals surface area contributed by atoms with Crippen LogP contribution in [0.3, 0.4) is 0 Å². The summed E-state index contributed by atoms with van der Waals surface area (Å²) in [7, 11) is 1.85. The molecule has 1 aliphatic heterocycles. The molecule has 0 aromatic heterocycles. The Bertz CT molecular complexity index is 458. The van der Waals surface area contributed by atoms with Gasteiger partial charge in [0.1, 0.15) is 0 Å². The maximum absolute atomic E-state index is 12.5. The zero-order chi connectivity index (χ0) is 14.8. The van der Waals surface area contributed by atoms with E-state index in [4.69, 9.17) is 5.73 Å². The largest absolute Gasteiger partial charge is 0.324 e. The van der Waals surface area contributed by atoms with Gasteiger partial charge in [0.05, 0.1) is 5.92 Å². The summed E-state index contributed by atoms with van der Waals surface area (Å²) < 4.78 is 0. The number of carbonyl (C=O) groups excluding carboxylic acids is 1. The Morgan fingerprint density at radius 3 is 2.57 bits per heavy atom. The average Bonchev–Trinajstić information content (AvgIpc) is 2.84. The number of nitrogens with zero attached hydrogens (tertiary/aromatic N) is 2. The Kier molecular flexibility index (Phi) is 6.20. The van der Waals surface area contributed by atoms with Gasteiger partial charge in [0.25, 0.3) is 0 Å². The fourth-order valence-electron chi connectivity index (χ4n) is 2.81. The van der Waals surface area contributed by atoms with Crippen molar-refractivity contribution in [2.45, 2.75) is 25.8 Å². The number of amides is 1. The normalized spacial score (nSPS) is 19.1. The topological polar surface area (TPSA) is 49.6 Å². The molecule has 4 nitrogen and oxygen atoms in total. The highest BCUT2D eigenvalue weighted by molar-refractivity contribution is 5.94. The summed E-state index contributed by atoms with van der Waals surface area (Å²) >= 11 is 0. The molecule has 0 bridgehead atoms. The van der Waals surface area contributed by atoms with Gasteiger partial charge in [-0.05, 0) is 38.9 Å². The van der Waals surface area contributed by atoms with Crippen LogP contribution in [-0.2, 0) is 4.79 Å². The Balaban J connectivity index is 0.00000220. The lowest BCUT2D eigenvalue weighted by Crippen LogP contribution is -2.45. The molecular formula is C16H26ClN3O. The van der Waals surface area contributed by atoms with E-state index in [2.05, 4.69) is 4.90 Å². The third-order valence-electron chi connectivity index (χ3n) is 3.73. The summed E-state index contributed by atoms with van der Waals surface area (Å²) in [5.41, 5.74) is 6.80.